The Morgan fingerprint density at radius 2 is 1.75 bits per heavy atom. The van der Waals surface area contributed by atoms with Crippen LogP contribution in [-0.2, 0) is 6.18 Å². The zero-order valence-electron chi connectivity index (χ0n) is 6.94. The molecule has 0 saturated carbocycles. The molecule has 0 spiro atoms. The average Bonchev–Trinajstić information content (AvgIpc) is 2.39. The molecule has 1 heterocycles. The predicted molar refractivity (Wildman–Crippen MR) is 35.4 cm³/mol. The van der Waals surface area contributed by atoms with Gasteiger partial charge in [0.15, 0.2) is 0 Å². The van der Waals surface area contributed by atoms with Crippen molar-refractivity contribution in [3.05, 3.63) is 11.7 Å². The van der Waals surface area contributed by atoms with Crippen LogP contribution in [0.15, 0.2) is 4.52 Å². The monoisotopic (exact) mass is 182 g/mol. The molecule has 0 unspecified atom stereocenters. The molecule has 0 aromatic carbocycles. The molecule has 1 aromatic rings. The van der Waals surface area contributed by atoms with Crippen LogP contribution in [0, 0.1) is 6.92 Å². The molecule has 0 N–H and O–H groups in total. The van der Waals surface area contributed by atoms with Crippen molar-refractivity contribution in [1.29, 1.82) is 0 Å². The third kappa shape index (κ3) is 2.89. The Bertz CT molecular complexity index is 231. The van der Waals surface area contributed by atoms with Gasteiger partial charge >= 0.3 is 6.18 Å². The Hall–Kier alpha value is -1.07. The maximum atomic E-state index is 11.6. The molecule has 0 aliphatic rings. The summed E-state index contributed by atoms with van der Waals surface area (Å²) in [6.45, 7) is 5.29. The molecule has 6 heteroatoms. The van der Waals surface area contributed by atoms with Crippen molar-refractivity contribution in [3.8, 4) is 0 Å². The van der Waals surface area contributed by atoms with Crippen LogP contribution in [0.5, 0.6) is 0 Å². The van der Waals surface area contributed by atoms with E-state index >= 15 is 0 Å². The number of halogens is 3. The Morgan fingerprint density at radius 1 is 1.25 bits per heavy atom. The molecule has 0 amide bonds. The fraction of sp³-hybridized carbons (Fsp3) is 0.667. The maximum Gasteiger partial charge on any atom is 0.455 e. The summed E-state index contributed by atoms with van der Waals surface area (Å²) in [6, 6.07) is 0. The standard InChI is InChI=1S/C4H3F3N2O.C2H6/c1-2-8-3(9-10-2)4(5,6)7;1-2/h1H3;1-2H3. The third-order valence-corrected chi connectivity index (χ3v) is 0.781. The van der Waals surface area contributed by atoms with Gasteiger partial charge in [0.25, 0.3) is 5.82 Å². The van der Waals surface area contributed by atoms with Gasteiger partial charge in [-0.25, -0.2) is 0 Å². The molecule has 0 saturated heterocycles. The van der Waals surface area contributed by atoms with Crippen LogP contribution >= 0.6 is 0 Å². The largest absolute Gasteiger partial charge is 0.455 e. The Balaban J connectivity index is 0.000000561. The molecule has 0 fully saturated rings. The second kappa shape index (κ2) is 4.08. The molecule has 0 atom stereocenters. The highest BCUT2D eigenvalue weighted by Crippen LogP contribution is 2.25. The van der Waals surface area contributed by atoms with Gasteiger partial charge in [0.05, 0.1) is 0 Å². The Labute approximate surface area is 67.6 Å². The van der Waals surface area contributed by atoms with Gasteiger partial charge in [-0.05, 0) is 0 Å². The zero-order chi connectivity index (χ0) is 9.78. The van der Waals surface area contributed by atoms with Gasteiger partial charge < -0.3 is 4.52 Å². The van der Waals surface area contributed by atoms with E-state index in [2.05, 4.69) is 14.7 Å². The fourth-order valence-electron chi connectivity index (χ4n) is 0.414. The van der Waals surface area contributed by atoms with Gasteiger partial charge in [-0.1, -0.05) is 19.0 Å². The van der Waals surface area contributed by atoms with E-state index in [0.29, 0.717) is 0 Å². The van der Waals surface area contributed by atoms with Gasteiger partial charge in [-0.15, -0.1) is 0 Å². The fourth-order valence-corrected chi connectivity index (χ4v) is 0.414. The van der Waals surface area contributed by atoms with Crippen molar-refractivity contribution in [2.24, 2.45) is 0 Å². The van der Waals surface area contributed by atoms with Crippen molar-refractivity contribution in [3.63, 3.8) is 0 Å². The van der Waals surface area contributed by atoms with Gasteiger partial charge in [-0.2, -0.15) is 18.2 Å². The van der Waals surface area contributed by atoms with Crippen LogP contribution in [0.1, 0.15) is 25.6 Å². The SMILES string of the molecule is CC.Cc1nc(C(F)(F)F)no1. The molecule has 3 nitrogen and oxygen atoms in total. The quantitative estimate of drug-likeness (QED) is 0.618. The molecule has 1 aromatic heterocycles. The van der Waals surface area contributed by atoms with E-state index in [1.165, 1.54) is 6.92 Å². The summed E-state index contributed by atoms with van der Waals surface area (Å²) < 4.78 is 39.0. The minimum absolute atomic E-state index is 0.0904. The molecule has 0 bridgehead atoms. The number of rotatable bonds is 0. The van der Waals surface area contributed by atoms with Crippen LogP contribution in [0.2, 0.25) is 0 Å². The summed E-state index contributed by atoms with van der Waals surface area (Å²) in [5.41, 5.74) is 0. The number of hydrogen-bond donors (Lipinski definition) is 0. The minimum Gasteiger partial charge on any atom is -0.339 e. The van der Waals surface area contributed by atoms with E-state index in [-0.39, 0.29) is 5.89 Å². The highest BCUT2D eigenvalue weighted by Gasteiger charge is 2.36. The van der Waals surface area contributed by atoms with Crippen molar-refractivity contribution in [2.75, 3.05) is 0 Å². The number of aromatic nitrogens is 2. The summed E-state index contributed by atoms with van der Waals surface area (Å²) in [4.78, 5) is 2.98. The molecular weight excluding hydrogens is 173 g/mol. The van der Waals surface area contributed by atoms with Crippen molar-refractivity contribution in [2.45, 2.75) is 26.9 Å². The normalized spacial score (nSPS) is 10.5. The average molecular weight is 182 g/mol. The summed E-state index contributed by atoms with van der Waals surface area (Å²) in [5.74, 6) is -1.32. The molecule has 70 valence electrons. The Kier molecular flexibility index (Phi) is 3.72. The lowest BCUT2D eigenvalue weighted by atomic mass is 10.6. The van der Waals surface area contributed by atoms with E-state index < -0.39 is 12.0 Å². The summed E-state index contributed by atoms with van der Waals surface area (Å²) in [5, 5.41) is 2.68. The minimum atomic E-state index is -4.50. The number of aryl methyl sites for hydroxylation is 1. The summed E-state index contributed by atoms with van der Waals surface area (Å²) >= 11 is 0. The lowest BCUT2D eigenvalue weighted by Crippen LogP contribution is -2.06. The molecule has 0 radical (unpaired) electrons. The van der Waals surface area contributed by atoms with Crippen LogP contribution in [0.3, 0.4) is 0 Å². The molecule has 0 aliphatic carbocycles. The topological polar surface area (TPSA) is 38.9 Å². The van der Waals surface area contributed by atoms with E-state index in [1.54, 1.807) is 0 Å². The summed E-state index contributed by atoms with van der Waals surface area (Å²) in [6.07, 6.45) is -4.50. The molecule has 0 aliphatic heterocycles. The number of hydrogen-bond acceptors (Lipinski definition) is 3. The molecule has 1 rings (SSSR count). The highest BCUT2D eigenvalue weighted by molar-refractivity contribution is 4.88. The first-order valence-corrected chi connectivity index (χ1v) is 3.37. The van der Waals surface area contributed by atoms with Crippen LogP contribution in [0.25, 0.3) is 0 Å². The maximum absolute atomic E-state index is 11.6. The zero-order valence-corrected chi connectivity index (χ0v) is 6.94. The highest BCUT2D eigenvalue weighted by atomic mass is 19.4. The second-order valence-corrected chi connectivity index (χ2v) is 1.63. The summed E-state index contributed by atoms with van der Waals surface area (Å²) in [7, 11) is 0. The first kappa shape index (κ1) is 10.9. The van der Waals surface area contributed by atoms with Crippen LogP contribution in [-0.4, -0.2) is 10.1 Å². The van der Waals surface area contributed by atoms with Crippen LogP contribution < -0.4 is 0 Å². The van der Waals surface area contributed by atoms with E-state index in [0.717, 1.165) is 0 Å². The first-order valence-electron chi connectivity index (χ1n) is 3.37. The Morgan fingerprint density at radius 3 is 1.92 bits per heavy atom. The van der Waals surface area contributed by atoms with Gasteiger partial charge in [0.2, 0.25) is 5.89 Å². The number of nitrogens with zero attached hydrogens (tertiary/aromatic N) is 2. The number of alkyl halides is 3. The van der Waals surface area contributed by atoms with Gasteiger partial charge in [0.1, 0.15) is 0 Å². The van der Waals surface area contributed by atoms with E-state index in [4.69, 9.17) is 0 Å². The first-order chi connectivity index (χ1) is 5.50. The van der Waals surface area contributed by atoms with E-state index in [1.807, 2.05) is 13.8 Å². The van der Waals surface area contributed by atoms with Crippen LogP contribution in [0.4, 0.5) is 13.2 Å². The lowest BCUT2D eigenvalue weighted by Gasteiger charge is -1.95. The van der Waals surface area contributed by atoms with Crippen molar-refractivity contribution in [1.82, 2.24) is 10.1 Å². The second-order valence-electron chi connectivity index (χ2n) is 1.63. The van der Waals surface area contributed by atoms with Crippen molar-refractivity contribution >= 4 is 0 Å². The third-order valence-electron chi connectivity index (χ3n) is 0.781. The smallest absolute Gasteiger partial charge is 0.339 e. The molecule has 12 heavy (non-hydrogen) atoms. The molecular formula is C6H9F3N2O. The predicted octanol–water partition coefficient (Wildman–Crippen LogP) is 2.42. The van der Waals surface area contributed by atoms with Crippen molar-refractivity contribution < 1.29 is 17.7 Å². The van der Waals surface area contributed by atoms with E-state index in [9.17, 15) is 13.2 Å². The lowest BCUT2D eigenvalue weighted by molar-refractivity contribution is -0.146. The van der Waals surface area contributed by atoms with Gasteiger partial charge in [0, 0.05) is 6.92 Å². The van der Waals surface area contributed by atoms with Gasteiger partial charge in [-0.3, -0.25) is 0 Å².